The van der Waals surface area contributed by atoms with E-state index in [1.165, 1.54) is 6.07 Å². The number of rotatable bonds is 5. The van der Waals surface area contributed by atoms with Gasteiger partial charge in [0, 0.05) is 25.2 Å². The number of benzene rings is 2. The summed E-state index contributed by atoms with van der Waals surface area (Å²) >= 11 is 6.07. The van der Waals surface area contributed by atoms with E-state index in [-0.39, 0.29) is 22.8 Å². The van der Waals surface area contributed by atoms with Crippen molar-refractivity contribution in [3.05, 3.63) is 83.4 Å². The van der Waals surface area contributed by atoms with Crippen LogP contribution in [0.25, 0.3) is 11.0 Å². The molecule has 6 nitrogen and oxygen atoms in total. The second-order valence-electron chi connectivity index (χ2n) is 8.21. The molecule has 1 saturated heterocycles. The van der Waals surface area contributed by atoms with Crippen molar-refractivity contribution >= 4 is 40.2 Å². The van der Waals surface area contributed by atoms with Gasteiger partial charge in [-0.05, 0) is 54.8 Å². The first-order valence-electron chi connectivity index (χ1n) is 10.9. The highest BCUT2D eigenvalue weighted by Gasteiger charge is 2.28. The molecule has 33 heavy (non-hydrogen) atoms. The fourth-order valence-electron chi connectivity index (χ4n) is 4.33. The summed E-state index contributed by atoms with van der Waals surface area (Å²) in [5, 5.41) is 3.18. The molecule has 1 aliphatic heterocycles. The van der Waals surface area contributed by atoms with Crippen LogP contribution in [-0.4, -0.2) is 33.5 Å². The Kier molecular flexibility index (Phi) is 5.96. The Balaban J connectivity index is 1.34. The number of amides is 1. The number of halogens is 2. The number of imidazole rings is 1. The lowest BCUT2D eigenvalue weighted by Gasteiger charge is -2.32. The molecular formula is C25H23ClFN5O. The first kappa shape index (κ1) is 21.4. The number of carbonyl (C=O) groups is 1. The number of carbonyl (C=O) groups excluding carboxylic acids is 1. The van der Waals surface area contributed by atoms with E-state index in [9.17, 15) is 9.18 Å². The van der Waals surface area contributed by atoms with Gasteiger partial charge in [-0.15, -0.1) is 0 Å². The fourth-order valence-corrected chi connectivity index (χ4v) is 4.50. The van der Waals surface area contributed by atoms with Crippen LogP contribution in [0, 0.1) is 11.7 Å². The Morgan fingerprint density at radius 3 is 2.70 bits per heavy atom. The van der Waals surface area contributed by atoms with E-state index in [0.29, 0.717) is 38.2 Å². The van der Waals surface area contributed by atoms with Gasteiger partial charge in [0.2, 0.25) is 11.9 Å². The maximum atomic E-state index is 13.8. The molecule has 0 bridgehead atoms. The zero-order valence-corrected chi connectivity index (χ0v) is 18.7. The van der Waals surface area contributed by atoms with Crippen molar-refractivity contribution in [1.82, 2.24) is 14.5 Å². The first-order valence-corrected chi connectivity index (χ1v) is 11.3. The van der Waals surface area contributed by atoms with Gasteiger partial charge >= 0.3 is 0 Å². The van der Waals surface area contributed by atoms with Crippen LogP contribution in [0.4, 0.5) is 16.0 Å². The Morgan fingerprint density at radius 1 is 1.09 bits per heavy atom. The zero-order valence-electron chi connectivity index (χ0n) is 17.9. The molecule has 5 rings (SSSR count). The molecule has 0 saturated carbocycles. The monoisotopic (exact) mass is 463 g/mol. The topological polar surface area (TPSA) is 63.1 Å². The van der Waals surface area contributed by atoms with E-state index >= 15 is 0 Å². The standard InChI is InChI=1S/C25H23ClFN5O/c26-23-21(8-4-12-28-23)29-24(33)18-10-13-31(14-11-18)25-30-20-7-1-2-9-22(20)32(25)16-17-5-3-6-19(27)15-17/h1-9,12,15,18H,10-11,13-14,16H2,(H,29,33). The van der Waals surface area contributed by atoms with Crippen molar-refractivity contribution in [2.45, 2.75) is 19.4 Å². The second kappa shape index (κ2) is 9.19. The van der Waals surface area contributed by atoms with Crippen LogP contribution in [0.1, 0.15) is 18.4 Å². The van der Waals surface area contributed by atoms with Crippen LogP contribution in [0.15, 0.2) is 66.9 Å². The molecule has 0 aliphatic carbocycles. The van der Waals surface area contributed by atoms with Crippen LogP contribution in [0.2, 0.25) is 5.15 Å². The summed E-state index contributed by atoms with van der Waals surface area (Å²) in [5.41, 5.74) is 3.31. The van der Waals surface area contributed by atoms with Gasteiger partial charge in [-0.25, -0.2) is 14.4 Å². The molecule has 0 unspecified atom stereocenters. The van der Waals surface area contributed by atoms with Crippen LogP contribution in [-0.2, 0) is 11.3 Å². The minimum Gasteiger partial charge on any atom is -0.342 e. The molecule has 2 aromatic heterocycles. The minimum atomic E-state index is -0.251. The number of fused-ring (bicyclic) bond motifs is 1. The first-order chi connectivity index (χ1) is 16.1. The molecule has 3 heterocycles. The number of hydrogen-bond acceptors (Lipinski definition) is 4. The summed E-state index contributed by atoms with van der Waals surface area (Å²) in [5.74, 6) is 0.435. The third-order valence-electron chi connectivity index (χ3n) is 6.03. The average molecular weight is 464 g/mol. The van der Waals surface area contributed by atoms with Gasteiger partial charge < -0.3 is 14.8 Å². The van der Waals surface area contributed by atoms with Gasteiger partial charge in [0.1, 0.15) is 5.82 Å². The number of nitrogens with zero attached hydrogens (tertiary/aromatic N) is 4. The van der Waals surface area contributed by atoms with Gasteiger partial charge in [-0.1, -0.05) is 35.9 Å². The summed E-state index contributed by atoms with van der Waals surface area (Å²) in [7, 11) is 0. The number of piperidine rings is 1. The molecule has 1 amide bonds. The van der Waals surface area contributed by atoms with Gasteiger partial charge in [0.25, 0.3) is 0 Å². The van der Waals surface area contributed by atoms with E-state index in [0.717, 1.165) is 22.5 Å². The van der Waals surface area contributed by atoms with Crippen molar-refractivity contribution in [1.29, 1.82) is 0 Å². The highest BCUT2D eigenvalue weighted by atomic mass is 35.5. The number of hydrogen-bond donors (Lipinski definition) is 1. The predicted octanol–water partition coefficient (Wildman–Crippen LogP) is 5.13. The Labute approximate surface area is 196 Å². The van der Waals surface area contributed by atoms with E-state index in [2.05, 4.69) is 19.8 Å². The molecule has 4 aromatic rings. The highest BCUT2D eigenvalue weighted by Crippen LogP contribution is 2.29. The quantitative estimate of drug-likeness (QED) is 0.417. The van der Waals surface area contributed by atoms with Crippen LogP contribution < -0.4 is 10.2 Å². The Bertz CT molecular complexity index is 1300. The molecule has 0 atom stereocenters. The summed E-state index contributed by atoms with van der Waals surface area (Å²) in [6.45, 7) is 1.92. The second-order valence-corrected chi connectivity index (χ2v) is 8.57. The van der Waals surface area contributed by atoms with Gasteiger partial charge in [-0.3, -0.25) is 4.79 Å². The lowest BCUT2D eigenvalue weighted by molar-refractivity contribution is -0.120. The van der Waals surface area contributed by atoms with Crippen molar-refractivity contribution in [3.8, 4) is 0 Å². The van der Waals surface area contributed by atoms with Gasteiger partial charge in [0.15, 0.2) is 5.15 Å². The molecule has 2 aromatic carbocycles. The van der Waals surface area contributed by atoms with Crippen molar-refractivity contribution in [2.75, 3.05) is 23.3 Å². The lowest BCUT2D eigenvalue weighted by atomic mass is 9.96. The third kappa shape index (κ3) is 4.54. The van der Waals surface area contributed by atoms with E-state index < -0.39 is 0 Å². The summed E-state index contributed by atoms with van der Waals surface area (Å²) < 4.78 is 15.9. The van der Waals surface area contributed by atoms with Crippen molar-refractivity contribution in [3.63, 3.8) is 0 Å². The normalized spacial score (nSPS) is 14.5. The molecule has 168 valence electrons. The largest absolute Gasteiger partial charge is 0.342 e. The van der Waals surface area contributed by atoms with E-state index in [1.54, 1.807) is 30.5 Å². The maximum Gasteiger partial charge on any atom is 0.227 e. The number of para-hydroxylation sites is 2. The number of nitrogens with one attached hydrogen (secondary N) is 1. The molecule has 1 N–H and O–H groups in total. The summed E-state index contributed by atoms with van der Waals surface area (Å²) in [6.07, 6.45) is 2.99. The Hall–Kier alpha value is -3.45. The van der Waals surface area contributed by atoms with Crippen molar-refractivity contribution in [2.24, 2.45) is 5.92 Å². The molecule has 1 fully saturated rings. The third-order valence-corrected chi connectivity index (χ3v) is 6.33. The fraction of sp³-hybridized carbons (Fsp3) is 0.240. The molecule has 0 spiro atoms. The van der Waals surface area contributed by atoms with Gasteiger partial charge in [-0.2, -0.15) is 0 Å². The Morgan fingerprint density at radius 2 is 1.91 bits per heavy atom. The number of anilines is 2. The van der Waals surface area contributed by atoms with Crippen LogP contribution >= 0.6 is 11.6 Å². The zero-order chi connectivity index (χ0) is 22.8. The van der Waals surface area contributed by atoms with Crippen LogP contribution in [0.5, 0.6) is 0 Å². The minimum absolute atomic E-state index is 0.0437. The molecule has 8 heteroatoms. The number of aromatic nitrogens is 3. The van der Waals surface area contributed by atoms with Gasteiger partial charge in [0.05, 0.1) is 23.3 Å². The molecule has 1 aliphatic rings. The maximum absolute atomic E-state index is 13.8. The smallest absolute Gasteiger partial charge is 0.227 e. The predicted molar refractivity (Wildman–Crippen MR) is 128 cm³/mol. The number of pyridine rings is 1. The average Bonchev–Trinajstić information content (AvgIpc) is 3.19. The van der Waals surface area contributed by atoms with E-state index in [1.807, 2.05) is 30.3 Å². The van der Waals surface area contributed by atoms with E-state index in [4.69, 9.17) is 16.6 Å². The van der Waals surface area contributed by atoms with Crippen molar-refractivity contribution < 1.29 is 9.18 Å². The SMILES string of the molecule is O=C(Nc1cccnc1Cl)C1CCN(c2nc3ccccc3n2Cc2cccc(F)c2)CC1. The summed E-state index contributed by atoms with van der Waals surface area (Å²) in [6, 6.07) is 18.1. The lowest BCUT2D eigenvalue weighted by Crippen LogP contribution is -2.39. The molecular weight excluding hydrogens is 441 g/mol. The molecule has 0 radical (unpaired) electrons. The van der Waals surface area contributed by atoms with Crippen LogP contribution in [0.3, 0.4) is 0 Å². The summed E-state index contributed by atoms with van der Waals surface area (Å²) in [4.78, 5) is 23.9. The highest BCUT2D eigenvalue weighted by molar-refractivity contribution is 6.32.